The van der Waals surface area contributed by atoms with E-state index in [1.54, 1.807) is 0 Å². The molecule has 9 nitrogen and oxygen atoms in total. The van der Waals surface area contributed by atoms with Crippen molar-refractivity contribution in [1.82, 2.24) is 0 Å². The van der Waals surface area contributed by atoms with Gasteiger partial charge in [0.1, 0.15) is 0 Å². The predicted octanol–water partition coefficient (Wildman–Crippen LogP) is -4.73. The van der Waals surface area contributed by atoms with E-state index in [9.17, 15) is 14.4 Å². The van der Waals surface area contributed by atoms with Gasteiger partial charge in [-0.2, -0.15) is 13.5 Å². The molecule has 0 atom stereocenters. The molecular formula is C6H17Na3O9S. The average molecular weight is 334 g/mol. The van der Waals surface area contributed by atoms with Crippen LogP contribution < -0.4 is 0 Å². The molecular weight excluding hydrogens is 317 g/mol. The Morgan fingerprint density at radius 3 is 1.11 bits per heavy atom. The molecule has 0 aromatic rings. The van der Waals surface area contributed by atoms with Crippen LogP contribution in [-0.4, -0.2) is 144 Å². The third-order valence-electron chi connectivity index (χ3n) is 1.29. The maximum atomic E-state index is 10.3. The normalized spacial score (nSPS) is 7.42. The summed E-state index contributed by atoms with van der Waals surface area (Å²) in [6, 6.07) is 0. The van der Waals surface area contributed by atoms with Crippen LogP contribution in [0.2, 0.25) is 0 Å². The minimum atomic E-state index is -2.74. The van der Waals surface area contributed by atoms with Crippen LogP contribution in [0.5, 0.6) is 0 Å². The SMILES string of the molecule is O.O.O=C(O)CC(O)(CC(=O)O)C(=O)O.S.[NaH].[NaH].[NaH]. The van der Waals surface area contributed by atoms with Crippen LogP contribution in [0.4, 0.5) is 0 Å². The Morgan fingerprint density at radius 2 is 1.00 bits per heavy atom. The van der Waals surface area contributed by atoms with Crippen molar-refractivity contribution in [2.24, 2.45) is 0 Å². The Morgan fingerprint density at radius 1 is 0.789 bits per heavy atom. The molecule has 0 saturated heterocycles. The standard InChI is InChI=1S/C6H8O7.3Na.2H2O.H2S.3H/c7-3(8)1-6(13,5(11)12)2-4(9)10;;;;;;;;;/h13H,1-2H2,(H,7,8)(H,9,10)(H,11,12);;;;3*1H2;;;. The second-order valence-corrected chi connectivity index (χ2v) is 2.48. The topological polar surface area (TPSA) is 195 Å². The zero-order valence-corrected chi connectivity index (χ0v) is 8.93. The van der Waals surface area contributed by atoms with Gasteiger partial charge in [-0.3, -0.25) is 9.59 Å². The molecule has 0 aromatic heterocycles. The fourth-order valence-corrected chi connectivity index (χ4v) is 0.714. The van der Waals surface area contributed by atoms with Crippen molar-refractivity contribution in [3.05, 3.63) is 0 Å². The van der Waals surface area contributed by atoms with Gasteiger partial charge < -0.3 is 31.4 Å². The summed E-state index contributed by atoms with van der Waals surface area (Å²) in [6.07, 6.45) is -2.29. The molecule has 0 rings (SSSR count). The van der Waals surface area contributed by atoms with Crippen LogP contribution in [0.3, 0.4) is 0 Å². The first-order valence-electron chi connectivity index (χ1n) is 3.17. The van der Waals surface area contributed by atoms with Gasteiger partial charge in [0.25, 0.3) is 0 Å². The third-order valence-corrected chi connectivity index (χ3v) is 1.29. The number of carboxylic acid groups (broad SMARTS) is 3. The summed E-state index contributed by atoms with van der Waals surface area (Å²) in [5, 5.41) is 33.8. The van der Waals surface area contributed by atoms with Crippen molar-refractivity contribution in [3.63, 3.8) is 0 Å². The molecule has 0 saturated carbocycles. The van der Waals surface area contributed by atoms with E-state index in [1.165, 1.54) is 0 Å². The number of aliphatic carboxylic acids is 3. The molecule has 0 spiro atoms. The van der Waals surface area contributed by atoms with Crippen molar-refractivity contribution in [2.75, 3.05) is 0 Å². The van der Waals surface area contributed by atoms with Crippen LogP contribution >= 0.6 is 13.5 Å². The number of hydrogen-bond donors (Lipinski definition) is 4. The molecule has 0 unspecified atom stereocenters. The van der Waals surface area contributed by atoms with Crippen LogP contribution in [-0.2, 0) is 14.4 Å². The molecule has 8 N–H and O–H groups in total. The number of aliphatic hydroxyl groups is 1. The molecule has 0 radical (unpaired) electrons. The summed E-state index contributed by atoms with van der Waals surface area (Å²) in [7, 11) is 0. The van der Waals surface area contributed by atoms with E-state index in [2.05, 4.69) is 0 Å². The van der Waals surface area contributed by atoms with Gasteiger partial charge in [0.2, 0.25) is 0 Å². The number of hydrogen-bond acceptors (Lipinski definition) is 4. The summed E-state index contributed by atoms with van der Waals surface area (Å²) < 4.78 is 0. The van der Waals surface area contributed by atoms with Gasteiger partial charge in [-0.15, -0.1) is 0 Å². The Bertz CT molecular complexity index is 246. The molecule has 13 heteroatoms. The van der Waals surface area contributed by atoms with Gasteiger partial charge in [0, 0.05) is 0 Å². The fraction of sp³-hybridized carbons (Fsp3) is 0.500. The summed E-state index contributed by atoms with van der Waals surface area (Å²) in [5.74, 6) is -5.02. The van der Waals surface area contributed by atoms with Crippen LogP contribution in [0.25, 0.3) is 0 Å². The number of carboxylic acids is 3. The van der Waals surface area contributed by atoms with E-state index in [4.69, 9.17) is 20.4 Å². The van der Waals surface area contributed by atoms with E-state index in [0.717, 1.165) is 0 Å². The Balaban J connectivity index is -0.0000000480. The van der Waals surface area contributed by atoms with E-state index >= 15 is 0 Å². The van der Waals surface area contributed by atoms with Crippen molar-refractivity contribution < 1.29 is 45.8 Å². The predicted molar refractivity (Wildman–Crippen MR) is 76.1 cm³/mol. The van der Waals surface area contributed by atoms with Crippen molar-refractivity contribution in [1.29, 1.82) is 0 Å². The number of rotatable bonds is 5. The quantitative estimate of drug-likeness (QED) is 0.362. The molecule has 104 valence electrons. The monoisotopic (exact) mass is 334 g/mol. The van der Waals surface area contributed by atoms with Crippen LogP contribution in [0.1, 0.15) is 12.8 Å². The summed E-state index contributed by atoms with van der Waals surface area (Å²) in [6.45, 7) is 0. The molecule has 0 fully saturated rings. The Hall–Kier alpha value is 1.64. The maximum absolute atomic E-state index is 10.3. The fourth-order valence-electron chi connectivity index (χ4n) is 0.714. The molecule has 0 heterocycles. The minimum absolute atomic E-state index is 0. The molecule has 0 aromatic carbocycles. The van der Waals surface area contributed by atoms with Crippen LogP contribution in [0, 0.1) is 0 Å². The van der Waals surface area contributed by atoms with E-state index in [-0.39, 0.29) is 113 Å². The molecule has 0 aliphatic heterocycles. The van der Waals surface area contributed by atoms with Gasteiger partial charge in [0.15, 0.2) is 5.60 Å². The Labute approximate surface area is 182 Å². The first-order valence-corrected chi connectivity index (χ1v) is 3.17. The zero-order valence-electron chi connectivity index (χ0n) is 7.93. The third kappa shape index (κ3) is 19.6. The van der Waals surface area contributed by atoms with Crippen molar-refractivity contribution in [3.8, 4) is 0 Å². The summed E-state index contributed by atoms with van der Waals surface area (Å²) in [5.41, 5.74) is -2.74. The first-order chi connectivity index (χ1) is 5.78. The molecule has 19 heavy (non-hydrogen) atoms. The van der Waals surface area contributed by atoms with Gasteiger partial charge in [-0.25, -0.2) is 4.79 Å². The van der Waals surface area contributed by atoms with Crippen LogP contribution in [0.15, 0.2) is 0 Å². The number of carbonyl (C=O) groups is 3. The second kappa shape index (κ2) is 19.6. The molecule has 0 aliphatic carbocycles. The molecule has 0 bridgehead atoms. The first kappa shape index (κ1) is 42.8. The van der Waals surface area contributed by atoms with Gasteiger partial charge in [0.05, 0.1) is 12.8 Å². The van der Waals surface area contributed by atoms with E-state index < -0.39 is 36.4 Å². The van der Waals surface area contributed by atoms with Gasteiger partial charge in [-0.1, -0.05) is 0 Å². The second-order valence-electron chi connectivity index (χ2n) is 2.48. The van der Waals surface area contributed by atoms with Crippen molar-refractivity contribution >= 4 is 120 Å². The zero-order chi connectivity index (χ0) is 10.6. The summed E-state index contributed by atoms with van der Waals surface area (Å²) in [4.78, 5) is 30.5. The summed E-state index contributed by atoms with van der Waals surface area (Å²) >= 11 is 0. The Kier molecular flexibility index (Phi) is 44.2. The van der Waals surface area contributed by atoms with E-state index in [0.29, 0.717) is 0 Å². The molecule has 0 amide bonds. The van der Waals surface area contributed by atoms with Crippen molar-refractivity contribution in [2.45, 2.75) is 18.4 Å². The van der Waals surface area contributed by atoms with Gasteiger partial charge >= 0.3 is 107 Å². The average Bonchev–Trinajstić information content (AvgIpc) is 1.82. The molecule has 0 aliphatic rings. The van der Waals surface area contributed by atoms with Gasteiger partial charge in [-0.05, 0) is 0 Å². The van der Waals surface area contributed by atoms with E-state index in [1.807, 2.05) is 0 Å².